The maximum Gasteiger partial charge on any atom is 0.301 e. The summed E-state index contributed by atoms with van der Waals surface area (Å²) in [5.74, 6) is 0.585. The first kappa shape index (κ1) is 13.6. The Labute approximate surface area is 119 Å². The second-order valence-electron chi connectivity index (χ2n) is 3.58. The van der Waals surface area contributed by atoms with Crippen molar-refractivity contribution in [3.63, 3.8) is 0 Å². The Hall–Kier alpha value is -1.79. The fraction of sp³-hybridized carbons (Fsp3) is 0.0833. The lowest BCUT2D eigenvalue weighted by Gasteiger charge is -2.05. The molecular weight excluding hydrogens is 286 g/mol. The van der Waals surface area contributed by atoms with Crippen molar-refractivity contribution < 1.29 is 4.92 Å². The second kappa shape index (κ2) is 5.90. The van der Waals surface area contributed by atoms with Crippen LogP contribution in [0.5, 0.6) is 0 Å². The molecule has 2 rings (SSSR count). The molecule has 19 heavy (non-hydrogen) atoms. The van der Waals surface area contributed by atoms with Gasteiger partial charge in [-0.2, -0.15) is 0 Å². The molecule has 98 valence electrons. The number of anilines is 1. The summed E-state index contributed by atoms with van der Waals surface area (Å²) in [7, 11) is 1.71. The number of pyridine rings is 1. The van der Waals surface area contributed by atoms with E-state index < -0.39 is 4.92 Å². The standard InChI is InChI=1S/C12H10ClN3O2S/c1-14-11-7-6-10(16(17)18)12(15-11)19-9-4-2-8(13)3-5-9/h2-7H,1H3,(H,14,15). The van der Waals surface area contributed by atoms with E-state index in [1.807, 2.05) is 0 Å². The molecule has 0 fully saturated rings. The van der Waals surface area contributed by atoms with E-state index in [4.69, 9.17) is 11.6 Å². The molecule has 0 saturated carbocycles. The highest BCUT2D eigenvalue weighted by molar-refractivity contribution is 7.99. The SMILES string of the molecule is CNc1ccc([N+](=O)[O-])c(Sc2ccc(Cl)cc2)n1. The minimum absolute atomic E-state index is 0.0149. The van der Waals surface area contributed by atoms with E-state index in [0.29, 0.717) is 15.9 Å². The van der Waals surface area contributed by atoms with Gasteiger partial charge in [-0.1, -0.05) is 23.4 Å². The molecule has 7 heteroatoms. The van der Waals surface area contributed by atoms with E-state index in [9.17, 15) is 10.1 Å². The van der Waals surface area contributed by atoms with Crippen molar-refractivity contribution in [2.75, 3.05) is 12.4 Å². The quantitative estimate of drug-likeness (QED) is 0.685. The Morgan fingerprint density at radius 2 is 1.95 bits per heavy atom. The molecule has 0 radical (unpaired) electrons. The predicted octanol–water partition coefficient (Wildman–Crippen LogP) is 3.84. The first-order valence-corrected chi connectivity index (χ1v) is 6.56. The monoisotopic (exact) mass is 295 g/mol. The minimum atomic E-state index is -0.440. The van der Waals surface area contributed by atoms with Crippen LogP contribution in [-0.4, -0.2) is 17.0 Å². The van der Waals surface area contributed by atoms with Gasteiger partial charge >= 0.3 is 5.69 Å². The smallest absolute Gasteiger partial charge is 0.301 e. The van der Waals surface area contributed by atoms with Crippen LogP contribution in [0.25, 0.3) is 0 Å². The third-order valence-corrected chi connectivity index (χ3v) is 3.57. The highest BCUT2D eigenvalue weighted by Crippen LogP contribution is 2.34. The fourth-order valence-electron chi connectivity index (χ4n) is 1.40. The van der Waals surface area contributed by atoms with Crippen LogP contribution in [0.2, 0.25) is 5.02 Å². The number of nitro groups is 1. The predicted molar refractivity (Wildman–Crippen MR) is 76.0 cm³/mol. The highest BCUT2D eigenvalue weighted by atomic mass is 35.5. The summed E-state index contributed by atoms with van der Waals surface area (Å²) in [6.45, 7) is 0. The van der Waals surface area contributed by atoms with E-state index >= 15 is 0 Å². The fourth-order valence-corrected chi connectivity index (χ4v) is 2.41. The number of benzene rings is 1. The number of rotatable bonds is 4. The second-order valence-corrected chi connectivity index (χ2v) is 5.08. The lowest BCUT2D eigenvalue weighted by atomic mass is 10.4. The zero-order chi connectivity index (χ0) is 13.8. The molecule has 0 bridgehead atoms. The van der Waals surface area contributed by atoms with Crippen molar-refractivity contribution in [2.45, 2.75) is 9.92 Å². The van der Waals surface area contributed by atoms with Crippen molar-refractivity contribution in [1.82, 2.24) is 4.98 Å². The van der Waals surface area contributed by atoms with Gasteiger partial charge in [0.25, 0.3) is 0 Å². The number of hydrogen-bond donors (Lipinski definition) is 1. The van der Waals surface area contributed by atoms with E-state index in [1.54, 1.807) is 37.4 Å². The van der Waals surface area contributed by atoms with Gasteiger partial charge in [0.2, 0.25) is 0 Å². The Morgan fingerprint density at radius 3 is 2.53 bits per heavy atom. The van der Waals surface area contributed by atoms with Crippen molar-refractivity contribution in [2.24, 2.45) is 0 Å². The maximum atomic E-state index is 11.0. The van der Waals surface area contributed by atoms with Gasteiger partial charge in [0.15, 0.2) is 5.03 Å². The summed E-state index contributed by atoms with van der Waals surface area (Å²) in [5.41, 5.74) is -0.0149. The number of halogens is 1. The van der Waals surface area contributed by atoms with Gasteiger partial charge < -0.3 is 5.32 Å². The van der Waals surface area contributed by atoms with Crippen molar-refractivity contribution in [1.29, 1.82) is 0 Å². The molecule has 1 N–H and O–H groups in total. The Balaban J connectivity index is 2.36. The summed E-state index contributed by atoms with van der Waals surface area (Å²) < 4.78 is 0. The van der Waals surface area contributed by atoms with Gasteiger partial charge in [-0.15, -0.1) is 0 Å². The van der Waals surface area contributed by atoms with Gasteiger partial charge in [-0.25, -0.2) is 4.98 Å². The van der Waals surface area contributed by atoms with Crippen LogP contribution < -0.4 is 5.32 Å². The van der Waals surface area contributed by atoms with Crippen molar-refractivity contribution in [3.8, 4) is 0 Å². The van der Waals surface area contributed by atoms with E-state index in [1.165, 1.54) is 17.8 Å². The summed E-state index contributed by atoms with van der Waals surface area (Å²) in [4.78, 5) is 15.6. The number of nitrogens with zero attached hydrogens (tertiary/aromatic N) is 2. The summed E-state index contributed by atoms with van der Waals surface area (Å²) in [6.07, 6.45) is 0. The molecule has 0 saturated heterocycles. The third kappa shape index (κ3) is 3.36. The molecule has 5 nitrogen and oxygen atoms in total. The number of nitrogens with one attached hydrogen (secondary N) is 1. The van der Waals surface area contributed by atoms with Crippen LogP contribution in [0, 0.1) is 10.1 Å². The molecule has 2 aromatic rings. The van der Waals surface area contributed by atoms with Gasteiger partial charge in [-0.3, -0.25) is 10.1 Å². The van der Waals surface area contributed by atoms with E-state index in [2.05, 4.69) is 10.3 Å². The summed E-state index contributed by atoms with van der Waals surface area (Å²) in [5, 5.41) is 14.8. The normalized spacial score (nSPS) is 10.2. The highest BCUT2D eigenvalue weighted by Gasteiger charge is 2.17. The Morgan fingerprint density at radius 1 is 1.26 bits per heavy atom. The van der Waals surface area contributed by atoms with Crippen LogP contribution in [0.3, 0.4) is 0 Å². The molecular formula is C12H10ClN3O2S. The van der Waals surface area contributed by atoms with Crippen LogP contribution in [0.4, 0.5) is 11.5 Å². The third-order valence-electron chi connectivity index (χ3n) is 2.32. The van der Waals surface area contributed by atoms with Gasteiger partial charge in [0.1, 0.15) is 5.82 Å². The molecule has 0 aliphatic heterocycles. The van der Waals surface area contributed by atoms with Crippen molar-refractivity contribution >= 4 is 34.9 Å². The van der Waals surface area contributed by atoms with Gasteiger partial charge in [0.05, 0.1) is 4.92 Å². The van der Waals surface area contributed by atoms with Gasteiger partial charge in [-0.05, 0) is 30.3 Å². The lowest BCUT2D eigenvalue weighted by molar-refractivity contribution is -0.388. The molecule has 0 aliphatic carbocycles. The molecule has 1 heterocycles. The summed E-state index contributed by atoms with van der Waals surface area (Å²) in [6, 6.07) is 10.1. The van der Waals surface area contributed by atoms with Crippen LogP contribution in [-0.2, 0) is 0 Å². The molecule has 0 aliphatic rings. The topological polar surface area (TPSA) is 68.1 Å². The zero-order valence-corrected chi connectivity index (χ0v) is 11.5. The number of hydrogen-bond acceptors (Lipinski definition) is 5. The molecule has 0 unspecified atom stereocenters. The average Bonchev–Trinajstić information content (AvgIpc) is 2.41. The molecule has 0 amide bonds. The van der Waals surface area contributed by atoms with Crippen molar-refractivity contribution in [3.05, 3.63) is 51.5 Å². The number of aromatic nitrogens is 1. The Bertz CT molecular complexity index is 604. The zero-order valence-electron chi connectivity index (χ0n) is 9.96. The molecule has 1 aromatic heterocycles. The largest absolute Gasteiger partial charge is 0.373 e. The minimum Gasteiger partial charge on any atom is -0.373 e. The first-order valence-electron chi connectivity index (χ1n) is 5.37. The van der Waals surface area contributed by atoms with Crippen LogP contribution in [0.15, 0.2) is 46.3 Å². The Kier molecular flexibility index (Phi) is 4.24. The lowest BCUT2D eigenvalue weighted by Crippen LogP contribution is -1.97. The van der Waals surface area contributed by atoms with Crippen LogP contribution >= 0.6 is 23.4 Å². The van der Waals surface area contributed by atoms with Gasteiger partial charge in [0, 0.05) is 23.0 Å². The first-order chi connectivity index (χ1) is 9.10. The van der Waals surface area contributed by atoms with Crippen LogP contribution in [0.1, 0.15) is 0 Å². The molecule has 0 spiro atoms. The van der Waals surface area contributed by atoms with E-state index in [-0.39, 0.29) is 5.69 Å². The molecule has 1 aromatic carbocycles. The average molecular weight is 296 g/mol. The maximum absolute atomic E-state index is 11.0. The van der Waals surface area contributed by atoms with E-state index in [0.717, 1.165) is 4.90 Å². The summed E-state index contributed by atoms with van der Waals surface area (Å²) >= 11 is 7.03. The molecule has 0 atom stereocenters.